The number of hydrogen-bond donors (Lipinski definition) is 0. The molecule has 0 bridgehead atoms. The minimum absolute atomic E-state index is 0.624. The standard InChI is InChI=1S/C26H36S/c1-8-25-20(6)19(5)21(7)26(27-25)24-15-23(17(3)13-18(24)4)14-22-11-9-16(2)10-12-22/h9-13,15,19-21,25-26H,8,14H2,1-7H3/t19-,20-,21+,25+,26+/m0/s1. The van der Waals surface area contributed by atoms with Gasteiger partial charge in [0.15, 0.2) is 0 Å². The van der Waals surface area contributed by atoms with Gasteiger partial charge in [-0.2, -0.15) is 0 Å². The second-order valence-electron chi connectivity index (χ2n) is 8.88. The first-order valence-electron chi connectivity index (χ1n) is 10.6. The molecule has 0 spiro atoms. The lowest BCUT2D eigenvalue weighted by molar-refractivity contribution is 0.248. The molecular formula is C26H36S. The maximum absolute atomic E-state index is 2.54. The van der Waals surface area contributed by atoms with Gasteiger partial charge in [0.25, 0.3) is 0 Å². The molecule has 27 heavy (non-hydrogen) atoms. The molecule has 0 amide bonds. The second kappa shape index (κ2) is 8.43. The highest BCUT2D eigenvalue weighted by molar-refractivity contribution is 8.00. The molecule has 1 heteroatoms. The van der Waals surface area contributed by atoms with Crippen molar-refractivity contribution in [2.75, 3.05) is 0 Å². The van der Waals surface area contributed by atoms with Gasteiger partial charge in [0.05, 0.1) is 0 Å². The molecule has 1 aliphatic rings. The molecule has 5 atom stereocenters. The van der Waals surface area contributed by atoms with Crippen LogP contribution in [0, 0.1) is 38.5 Å². The monoisotopic (exact) mass is 380 g/mol. The van der Waals surface area contributed by atoms with Gasteiger partial charge in [-0.05, 0) is 79.2 Å². The molecule has 146 valence electrons. The highest BCUT2D eigenvalue weighted by Gasteiger charge is 2.39. The first kappa shape index (κ1) is 20.5. The normalized spacial score (nSPS) is 28.3. The summed E-state index contributed by atoms with van der Waals surface area (Å²) in [7, 11) is 0. The lowest BCUT2D eigenvalue weighted by atomic mass is 9.77. The van der Waals surface area contributed by atoms with E-state index >= 15 is 0 Å². The molecule has 0 nitrogen and oxygen atoms in total. The van der Waals surface area contributed by atoms with Crippen molar-refractivity contribution in [2.24, 2.45) is 17.8 Å². The van der Waals surface area contributed by atoms with Crippen LogP contribution >= 0.6 is 11.8 Å². The Kier molecular flexibility index (Phi) is 6.41. The Hall–Kier alpha value is -1.21. The van der Waals surface area contributed by atoms with Crippen LogP contribution in [-0.2, 0) is 6.42 Å². The summed E-state index contributed by atoms with van der Waals surface area (Å²) in [6.07, 6.45) is 2.31. The summed E-state index contributed by atoms with van der Waals surface area (Å²) >= 11 is 2.24. The third-order valence-electron chi connectivity index (χ3n) is 6.99. The number of rotatable bonds is 4. The van der Waals surface area contributed by atoms with E-state index in [2.05, 4.69) is 96.6 Å². The third-order valence-corrected chi connectivity index (χ3v) is 9.08. The van der Waals surface area contributed by atoms with Gasteiger partial charge in [-0.25, -0.2) is 0 Å². The molecule has 1 heterocycles. The van der Waals surface area contributed by atoms with E-state index in [0.717, 1.165) is 29.4 Å². The SMILES string of the molecule is CC[C@H]1S[C@@H](c2cc(Cc3ccc(C)cc3)c(C)cc2C)[C@H](C)[C@@H](C)[C@@H]1C. The minimum Gasteiger partial charge on any atom is -0.150 e. The van der Waals surface area contributed by atoms with Gasteiger partial charge >= 0.3 is 0 Å². The highest BCUT2D eigenvalue weighted by atomic mass is 32.2. The van der Waals surface area contributed by atoms with E-state index in [0.29, 0.717) is 5.25 Å². The van der Waals surface area contributed by atoms with Crippen LogP contribution in [0.5, 0.6) is 0 Å². The summed E-state index contributed by atoms with van der Waals surface area (Å²) < 4.78 is 0. The summed E-state index contributed by atoms with van der Waals surface area (Å²) in [4.78, 5) is 0. The molecule has 0 saturated carbocycles. The van der Waals surface area contributed by atoms with E-state index in [1.54, 1.807) is 5.56 Å². The Morgan fingerprint density at radius 1 is 0.815 bits per heavy atom. The maximum Gasteiger partial charge on any atom is 0.0331 e. The van der Waals surface area contributed by atoms with E-state index in [-0.39, 0.29) is 0 Å². The fraction of sp³-hybridized carbons (Fsp3) is 0.538. The van der Waals surface area contributed by atoms with Crippen molar-refractivity contribution in [2.45, 2.75) is 71.8 Å². The lowest BCUT2D eigenvalue weighted by Gasteiger charge is -2.44. The molecular weight excluding hydrogens is 344 g/mol. The Morgan fingerprint density at radius 3 is 2.11 bits per heavy atom. The zero-order chi connectivity index (χ0) is 19.7. The van der Waals surface area contributed by atoms with E-state index in [1.807, 2.05) is 0 Å². The molecule has 2 aromatic rings. The van der Waals surface area contributed by atoms with Gasteiger partial charge in [0, 0.05) is 10.5 Å². The zero-order valence-corrected chi connectivity index (χ0v) is 19.0. The zero-order valence-electron chi connectivity index (χ0n) is 18.2. The molecule has 1 fully saturated rings. The van der Waals surface area contributed by atoms with Gasteiger partial charge in [0.1, 0.15) is 0 Å². The van der Waals surface area contributed by atoms with Crippen molar-refractivity contribution >= 4 is 11.8 Å². The van der Waals surface area contributed by atoms with Crippen LogP contribution in [0.3, 0.4) is 0 Å². The molecule has 0 N–H and O–H groups in total. The van der Waals surface area contributed by atoms with Gasteiger partial charge in [-0.15, -0.1) is 11.8 Å². The fourth-order valence-electron chi connectivity index (χ4n) is 4.69. The van der Waals surface area contributed by atoms with E-state index in [1.165, 1.54) is 34.2 Å². The molecule has 2 aromatic carbocycles. The Balaban J connectivity index is 1.94. The van der Waals surface area contributed by atoms with E-state index in [9.17, 15) is 0 Å². The van der Waals surface area contributed by atoms with Crippen molar-refractivity contribution in [1.29, 1.82) is 0 Å². The van der Waals surface area contributed by atoms with Crippen LogP contribution < -0.4 is 0 Å². The molecule has 3 rings (SSSR count). The molecule has 0 unspecified atom stereocenters. The molecule has 0 radical (unpaired) electrons. The van der Waals surface area contributed by atoms with Crippen LogP contribution in [0.2, 0.25) is 0 Å². The third kappa shape index (κ3) is 4.29. The van der Waals surface area contributed by atoms with Gasteiger partial charge in [0.2, 0.25) is 0 Å². The average Bonchev–Trinajstić information content (AvgIpc) is 2.64. The average molecular weight is 381 g/mol. The van der Waals surface area contributed by atoms with Crippen LogP contribution in [0.1, 0.15) is 72.7 Å². The number of thioether (sulfide) groups is 1. The van der Waals surface area contributed by atoms with Crippen molar-refractivity contribution in [1.82, 2.24) is 0 Å². The topological polar surface area (TPSA) is 0 Å². The summed E-state index contributed by atoms with van der Waals surface area (Å²) in [6.45, 7) is 16.5. The predicted octanol–water partition coefficient (Wildman–Crippen LogP) is 7.68. The van der Waals surface area contributed by atoms with Crippen molar-refractivity contribution in [3.8, 4) is 0 Å². The van der Waals surface area contributed by atoms with Crippen LogP contribution in [0.15, 0.2) is 36.4 Å². The molecule has 1 saturated heterocycles. The van der Waals surface area contributed by atoms with Crippen molar-refractivity contribution in [3.63, 3.8) is 0 Å². The quantitative estimate of drug-likeness (QED) is 0.524. The molecule has 0 aliphatic carbocycles. The van der Waals surface area contributed by atoms with Gasteiger partial charge in [-0.3, -0.25) is 0 Å². The Bertz CT molecular complexity index is 772. The van der Waals surface area contributed by atoms with Crippen molar-refractivity contribution < 1.29 is 0 Å². The summed E-state index contributed by atoms with van der Waals surface area (Å²) in [5, 5.41) is 1.40. The largest absolute Gasteiger partial charge is 0.150 e. The smallest absolute Gasteiger partial charge is 0.0331 e. The van der Waals surface area contributed by atoms with Crippen LogP contribution in [-0.4, -0.2) is 5.25 Å². The first-order chi connectivity index (χ1) is 12.8. The first-order valence-corrected chi connectivity index (χ1v) is 11.6. The molecule has 1 aliphatic heterocycles. The number of aryl methyl sites for hydroxylation is 3. The second-order valence-corrected chi connectivity index (χ2v) is 10.3. The Morgan fingerprint density at radius 2 is 1.48 bits per heavy atom. The molecule has 0 aromatic heterocycles. The fourth-order valence-corrected chi connectivity index (χ4v) is 6.65. The van der Waals surface area contributed by atoms with Gasteiger partial charge < -0.3 is 0 Å². The van der Waals surface area contributed by atoms with Crippen molar-refractivity contribution in [3.05, 3.63) is 69.8 Å². The summed E-state index contributed by atoms with van der Waals surface area (Å²) in [5.74, 6) is 2.31. The van der Waals surface area contributed by atoms with E-state index < -0.39 is 0 Å². The number of hydrogen-bond acceptors (Lipinski definition) is 1. The van der Waals surface area contributed by atoms with Crippen LogP contribution in [0.25, 0.3) is 0 Å². The number of benzene rings is 2. The minimum atomic E-state index is 0.624. The Labute approximate surface area is 171 Å². The predicted molar refractivity (Wildman–Crippen MR) is 122 cm³/mol. The van der Waals surface area contributed by atoms with Crippen LogP contribution in [0.4, 0.5) is 0 Å². The van der Waals surface area contributed by atoms with E-state index in [4.69, 9.17) is 0 Å². The maximum atomic E-state index is 2.54. The summed E-state index contributed by atoms with van der Waals surface area (Å²) in [6, 6.07) is 14.0. The lowest BCUT2D eigenvalue weighted by Crippen LogP contribution is -2.34. The summed E-state index contributed by atoms with van der Waals surface area (Å²) in [5.41, 5.74) is 8.72. The highest BCUT2D eigenvalue weighted by Crippen LogP contribution is 2.52. The van der Waals surface area contributed by atoms with Gasteiger partial charge in [-0.1, -0.05) is 69.7 Å².